The number of imidazole rings is 1. The lowest BCUT2D eigenvalue weighted by Crippen LogP contribution is -1.87. The fourth-order valence-electron chi connectivity index (χ4n) is 1.09. The van der Waals surface area contributed by atoms with E-state index in [0.29, 0.717) is 0 Å². The minimum atomic E-state index is 0.0703. The van der Waals surface area contributed by atoms with Gasteiger partial charge in [-0.2, -0.15) is 4.98 Å². The minimum absolute atomic E-state index is 0.0703. The van der Waals surface area contributed by atoms with Gasteiger partial charge in [-0.05, 0) is 11.4 Å². The highest BCUT2D eigenvalue weighted by Gasteiger charge is 2.06. The van der Waals surface area contributed by atoms with E-state index in [1.807, 2.05) is 24.6 Å². The first-order chi connectivity index (χ1) is 5.77. The summed E-state index contributed by atoms with van der Waals surface area (Å²) in [6.07, 6.45) is 1.59. The topological polar surface area (TPSA) is 38.0 Å². The molecule has 62 valence electrons. The number of nitrogens with zero attached hydrogens (tertiary/aromatic N) is 2. The van der Waals surface area contributed by atoms with Gasteiger partial charge in [-0.1, -0.05) is 6.07 Å². The van der Waals surface area contributed by atoms with Gasteiger partial charge >= 0.3 is 0 Å². The van der Waals surface area contributed by atoms with Crippen LogP contribution in [0.4, 0.5) is 0 Å². The van der Waals surface area contributed by atoms with E-state index in [4.69, 9.17) is 5.11 Å². The molecule has 0 aliphatic rings. The Bertz CT molecular complexity index is 378. The molecule has 4 heteroatoms. The number of hydrogen-bond acceptors (Lipinski definition) is 3. The smallest absolute Gasteiger partial charge is 0.229 e. The molecule has 1 N–H and O–H groups in total. The molecule has 0 atom stereocenters. The Kier molecular flexibility index (Phi) is 1.62. The van der Waals surface area contributed by atoms with E-state index in [9.17, 15) is 0 Å². The number of aryl methyl sites for hydroxylation is 1. The Hall–Kier alpha value is -1.29. The van der Waals surface area contributed by atoms with E-state index in [-0.39, 0.29) is 5.88 Å². The van der Waals surface area contributed by atoms with E-state index < -0.39 is 0 Å². The monoisotopic (exact) mass is 180 g/mol. The van der Waals surface area contributed by atoms with Gasteiger partial charge in [0.15, 0.2) is 5.82 Å². The fourth-order valence-corrected chi connectivity index (χ4v) is 1.84. The van der Waals surface area contributed by atoms with Gasteiger partial charge in [0.2, 0.25) is 5.88 Å². The van der Waals surface area contributed by atoms with Crippen molar-refractivity contribution in [3.63, 3.8) is 0 Å². The van der Waals surface area contributed by atoms with E-state index >= 15 is 0 Å². The predicted octanol–water partition coefficient (Wildman–Crippen LogP) is 1.85. The molecule has 2 rings (SSSR count). The number of hydrogen-bond donors (Lipinski definition) is 1. The van der Waals surface area contributed by atoms with Crippen molar-refractivity contribution in [2.75, 3.05) is 0 Å². The molecule has 2 aromatic rings. The zero-order valence-corrected chi connectivity index (χ0v) is 7.38. The summed E-state index contributed by atoms with van der Waals surface area (Å²) in [7, 11) is 1.86. The molecule has 0 amide bonds. The van der Waals surface area contributed by atoms with Crippen molar-refractivity contribution in [1.82, 2.24) is 9.55 Å². The van der Waals surface area contributed by atoms with Crippen molar-refractivity contribution in [1.29, 1.82) is 0 Å². The molecule has 0 spiro atoms. The average molecular weight is 180 g/mol. The molecule has 0 saturated heterocycles. The summed E-state index contributed by atoms with van der Waals surface area (Å²) >= 11 is 1.61. The van der Waals surface area contributed by atoms with Crippen LogP contribution in [-0.2, 0) is 7.05 Å². The molecular weight excluding hydrogens is 172 g/mol. The van der Waals surface area contributed by atoms with Gasteiger partial charge in [-0.15, -0.1) is 11.3 Å². The normalized spacial score (nSPS) is 10.4. The Morgan fingerprint density at radius 3 is 2.92 bits per heavy atom. The third-order valence-electron chi connectivity index (χ3n) is 1.61. The highest BCUT2D eigenvalue weighted by molar-refractivity contribution is 7.13. The van der Waals surface area contributed by atoms with Crippen molar-refractivity contribution in [3.8, 4) is 16.6 Å². The molecular formula is C8H8N2OS. The van der Waals surface area contributed by atoms with Gasteiger partial charge in [0.05, 0.1) is 11.1 Å². The third kappa shape index (κ3) is 1.10. The van der Waals surface area contributed by atoms with Crippen LogP contribution in [-0.4, -0.2) is 14.7 Å². The van der Waals surface area contributed by atoms with Crippen molar-refractivity contribution in [2.45, 2.75) is 0 Å². The number of aromatic nitrogens is 2. The largest absolute Gasteiger partial charge is 0.492 e. The summed E-state index contributed by atoms with van der Waals surface area (Å²) in [4.78, 5) is 5.05. The second-order valence-corrected chi connectivity index (χ2v) is 3.46. The summed E-state index contributed by atoms with van der Waals surface area (Å²) < 4.78 is 1.81. The third-order valence-corrected chi connectivity index (χ3v) is 2.47. The lowest BCUT2D eigenvalue weighted by Gasteiger charge is -1.94. The van der Waals surface area contributed by atoms with Gasteiger partial charge in [-0.3, -0.25) is 0 Å². The van der Waals surface area contributed by atoms with Crippen LogP contribution in [0.25, 0.3) is 10.7 Å². The maximum Gasteiger partial charge on any atom is 0.229 e. The molecule has 3 nitrogen and oxygen atoms in total. The summed E-state index contributed by atoms with van der Waals surface area (Å²) in [5.74, 6) is 0.878. The highest BCUT2D eigenvalue weighted by Crippen LogP contribution is 2.24. The molecule has 0 aliphatic heterocycles. The van der Waals surface area contributed by atoms with Crippen molar-refractivity contribution in [3.05, 3.63) is 23.7 Å². The van der Waals surface area contributed by atoms with Crippen LogP contribution in [0.2, 0.25) is 0 Å². The molecule has 0 fully saturated rings. The Morgan fingerprint density at radius 1 is 1.58 bits per heavy atom. The van der Waals surface area contributed by atoms with Gasteiger partial charge in [0.1, 0.15) is 0 Å². The lowest BCUT2D eigenvalue weighted by atomic mass is 10.4. The predicted molar refractivity (Wildman–Crippen MR) is 48.2 cm³/mol. The quantitative estimate of drug-likeness (QED) is 0.727. The van der Waals surface area contributed by atoms with Gasteiger partial charge in [0.25, 0.3) is 0 Å². The van der Waals surface area contributed by atoms with Crippen LogP contribution < -0.4 is 0 Å². The van der Waals surface area contributed by atoms with E-state index in [0.717, 1.165) is 10.7 Å². The second-order valence-electron chi connectivity index (χ2n) is 2.51. The molecule has 0 saturated carbocycles. The standard InChI is InChI=1S/C8H8N2OS/c1-10-5-7(11)9-8(10)6-3-2-4-12-6/h2-5,11H,1H3. The summed E-state index contributed by atoms with van der Waals surface area (Å²) in [5, 5.41) is 11.1. The zero-order valence-electron chi connectivity index (χ0n) is 6.56. The molecule has 0 bridgehead atoms. The van der Waals surface area contributed by atoms with Gasteiger partial charge in [0, 0.05) is 7.05 Å². The van der Waals surface area contributed by atoms with Crippen LogP contribution in [0.15, 0.2) is 23.7 Å². The van der Waals surface area contributed by atoms with Gasteiger partial charge in [-0.25, -0.2) is 0 Å². The first kappa shape index (κ1) is 7.36. The van der Waals surface area contributed by atoms with Crippen molar-refractivity contribution >= 4 is 11.3 Å². The lowest BCUT2D eigenvalue weighted by molar-refractivity contribution is 0.456. The van der Waals surface area contributed by atoms with Crippen molar-refractivity contribution < 1.29 is 5.11 Å². The molecule has 2 heterocycles. The Labute approximate surface area is 73.9 Å². The average Bonchev–Trinajstić information content (AvgIpc) is 2.58. The fraction of sp³-hybridized carbons (Fsp3) is 0.125. The number of aromatic hydroxyl groups is 1. The maximum absolute atomic E-state index is 9.11. The minimum Gasteiger partial charge on any atom is -0.492 e. The summed E-state index contributed by atoms with van der Waals surface area (Å²) in [6.45, 7) is 0. The van der Waals surface area contributed by atoms with E-state index in [1.165, 1.54) is 0 Å². The number of thiophene rings is 1. The van der Waals surface area contributed by atoms with Crippen molar-refractivity contribution in [2.24, 2.45) is 7.05 Å². The molecule has 0 unspecified atom stereocenters. The molecule has 0 aliphatic carbocycles. The van der Waals surface area contributed by atoms with Gasteiger partial charge < -0.3 is 9.67 Å². The van der Waals surface area contributed by atoms with Crippen LogP contribution in [0, 0.1) is 0 Å². The Balaban J connectivity index is 2.54. The highest BCUT2D eigenvalue weighted by atomic mass is 32.1. The first-order valence-electron chi connectivity index (χ1n) is 3.53. The molecule has 0 aromatic carbocycles. The van der Waals surface area contributed by atoms with Crippen LogP contribution >= 0.6 is 11.3 Å². The first-order valence-corrected chi connectivity index (χ1v) is 4.41. The Morgan fingerprint density at radius 2 is 2.42 bits per heavy atom. The summed E-state index contributed by atoms with van der Waals surface area (Å²) in [5.41, 5.74) is 0. The summed E-state index contributed by atoms with van der Waals surface area (Å²) in [6, 6.07) is 3.94. The maximum atomic E-state index is 9.11. The number of rotatable bonds is 1. The van der Waals surface area contributed by atoms with Crippen LogP contribution in [0.3, 0.4) is 0 Å². The van der Waals surface area contributed by atoms with Crippen LogP contribution in [0.1, 0.15) is 0 Å². The molecule has 12 heavy (non-hydrogen) atoms. The van der Waals surface area contributed by atoms with E-state index in [1.54, 1.807) is 22.1 Å². The van der Waals surface area contributed by atoms with Crippen LogP contribution in [0.5, 0.6) is 5.88 Å². The zero-order chi connectivity index (χ0) is 8.55. The second kappa shape index (κ2) is 2.64. The SMILES string of the molecule is Cn1cc(O)nc1-c1cccs1. The molecule has 2 aromatic heterocycles. The van der Waals surface area contributed by atoms with E-state index in [2.05, 4.69) is 4.98 Å². The molecule has 0 radical (unpaired) electrons.